The predicted molar refractivity (Wildman–Crippen MR) is 91.8 cm³/mol. The molecular weight excluding hydrogens is 288 g/mol. The minimum absolute atomic E-state index is 0.0154. The van der Waals surface area contributed by atoms with Crippen LogP contribution < -0.4 is 4.74 Å². The number of ether oxygens (including phenoxy) is 1. The summed E-state index contributed by atoms with van der Waals surface area (Å²) in [5, 5.41) is 9.27. The van der Waals surface area contributed by atoms with Gasteiger partial charge < -0.3 is 14.2 Å². The van der Waals surface area contributed by atoms with Gasteiger partial charge in [0.15, 0.2) is 0 Å². The quantitative estimate of drug-likeness (QED) is 0.800. The normalized spacial score (nSPS) is 11.9. The molecule has 120 valence electrons. The van der Waals surface area contributed by atoms with Crippen LogP contribution in [0.25, 0.3) is 16.9 Å². The zero-order valence-electron chi connectivity index (χ0n) is 14.0. The summed E-state index contributed by atoms with van der Waals surface area (Å²) in [4.78, 5) is 4.70. The first-order valence-electron chi connectivity index (χ1n) is 7.70. The van der Waals surface area contributed by atoms with Crippen LogP contribution in [0.2, 0.25) is 0 Å². The average Bonchev–Trinajstić information content (AvgIpc) is 2.96. The van der Waals surface area contributed by atoms with Gasteiger partial charge in [-0.1, -0.05) is 26.8 Å². The topological polar surface area (TPSA) is 46.8 Å². The molecule has 3 rings (SSSR count). The van der Waals surface area contributed by atoms with E-state index in [0.717, 1.165) is 28.2 Å². The summed E-state index contributed by atoms with van der Waals surface area (Å²) in [7, 11) is 1.68. The number of aliphatic hydroxyl groups excluding tert-OH is 1. The smallest absolute Gasteiger partial charge is 0.137 e. The van der Waals surface area contributed by atoms with E-state index >= 15 is 0 Å². The molecule has 0 aliphatic heterocycles. The largest absolute Gasteiger partial charge is 0.496 e. The molecule has 4 nitrogen and oxygen atoms in total. The van der Waals surface area contributed by atoms with Crippen LogP contribution in [0.15, 0.2) is 42.7 Å². The van der Waals surface area contributed by atoms with Gasteiger partial charge in [-0.3, -0.25) is 0 Å². The maximum absolute atomic E-state index is 9.27. The van der Waals surface area contributed by atoms with E-state index < -0.39 is 0 Å². The molecule has 0 aliphatic carbocycles. The van der Waals surface area contributed by atoms with Crippen LogP contribution >= 0.6 is 0 Å². The van der Waals surface area contributed by atoms with Crippen molar-refractivity contribution in [1.82, 2.24) is 9.38 Å². The van der Waals surface area contributed by atoms with Crippen LogP contribution in [0, 0.1) is 0 Å². The van der Waals surface area contributed by atoms with Crippen molar-refractivity contribution in [3.63, 3.8) is 0 Å². The fourth-order valence-corrected chi connectivity index (χ4v) is 2.63. The van der Waals surface area contributed by atoms with Crippen LogP contribution in [-0.2, 0) is 12.0 Å². The van der Waals surface area contributed by atoms with Crippen LogP contribution in [-0.4, -0.2) is 21.6 Å². The number of methoxy groups -OCH3 is 1. The summed E-state index contributed by atoms with van der Waals surface area (Å²) in [6.07, 6.45) is 3.90. The van der Waals surface area contributed by atoms with E-state index in [1.807, 2.05) is 35.0 Å². The van der Waals surface area contributed by atoms with Gasteiger partial charge in [-0.05, 0) is 40.8 Å². The van der Waals surface area contributed by atoms with Crippen molar-refractivity contribution >= 4 is 5.65 Å². The lowest BCUT2D eigenvalue weighted by Gasteiger charge is -2.20. The Morgan fingerprint density at radius 3 is 2.61 bits per heavy atom. The number of hydrogen-bond acceptors (Lipinski definition) is 3. The number of imidazole rings is 1. The van der Waals surface area contributed by atoms with Crippen molar-refractivity contribution in [2.75, 3.05) is 7.11 Å². The van der Waals surface area contributed by atoms with Crippen LogP contribution in [0.5, 0.6) is 5.75 Å². The zero-order chi connectivity index (χ0) is 16.6. The Labute approximate surface area is 136 Å². The molecule has 2 heterocycles. The van der Waals surface area contributed by atoms with Crippen molar-refractivity contribution in [2.45, 2.75) is 32.8 Å². The highest BCUT2D eigenvalue weighted by Gasteiger charge is 2.18. The predicted octanol–water partition coefficient (Wildman–Crippen LogP) is 3.80. The lowest BCUT2D eigenvalue weighted by Crippen LogP contribution is -2.11. The Bertz CT molecular complexity index is 844. The third-order valence-corrected chi connectivity index (χ3v) is 4.05. The molecule has 0 radical (unpaired) electrons. The highest BCUT2D eigenvalue weighted by Crippen LogP contribution is 2.34. The summed E-state index contributed by atoms with van der Waals surface area (Å²) >= 11 is 0. The van der Waals surface area contributed by atoms with Crippen LogP contribution in [0.3, 0.4) is 0 Å². The summed E-state index contributed by atoms with van der Waals surface area (Å²) in [6, 6.07) is 10.0. The van der Waals surface area contributed by atoms with Gasteiger partial charge in [-0.2, -0.15) is 0 Å². The average molecular weight is 310 g/mol. The number of pyridine rings is 1. The minimum atomic E-state index is 0.0154. The molecule has 0 fully saturated rings. The molecule has 0 aliphatic rings. The number of rotatable bonds is 3. The first-order valence-corrected chi connectivity index (χ1v) is 7.70. The molecule has 0 atom stereocenters. The second-order valence-electron chi connectivity index (χ2n) is 6.75. The number of fused-ring (bicyclic) bond motifs is 1. The van der Waals surface area contributed by atoms with Crippen LogP contribution in [0.4, 0.5) is 0 Å². The molecule has 0 amide bonds. The molecule has 2 aromatic heterocycles. The maximum Gasteiger partial charge on any atom is 0.137 e. The van der Waals surface area contributed by atoms with E-state index in [1.165, 1.54) is 5.56 Å². The standard InChI is InChI=1S/C19H22N2O2/c1-19(2,3)14-5-6-17(23-4)15(10-14)16-11-21-8-7-13(12-22)9-18(21)20-16/h5-11,22H,12H2,1-4H3. The highest BCUT2D eigenvalue weighted by molar-refractivity contribution is 5.70. The molecule has 1 N–H and O–H groups in total. The Morgan fingerprint density at radius 2 is 1.96 bits per heavy atom. The first kappa shape index (κ1) is 15.6. The van der Waals surface area contributed by atoms with Gasteiger partial charge in [0.2, 0.25) is 0 Å². The number of hydrogen-bond donors (Lipinski definition) is 1. The molecule has 4 heteroatoms. The van der Waals surface area contributed by atoms with Crippen molar-refractivity contribution < 1.29 is 9.84 Å². The molecule has 0 unspecified atom stereocenters. The van der Waals surface area contributed by atoms with Crippen molar-refractivity contribution in [3.8, 4) is 17.0 Å². The molecule has 23 heavy (non-hydrogen) atoms. The second-order valence-corrected chi connectivity index (χ2v) is 6.75. The minimum Gasteiger partial charge on any atom is -0.496 e. The Balaban J connectivity index is 2.16. The summed E-state index contributed by atoms with van der Waals surface area (Å²) in [5.41, 5.74) is 4.81. The monoisotopic (exact) mass is 310 g/mol. The van der Waals surface area contributed by atoms with Crippen molar-refractivity contribution in [3.05, 3.63) is 53.9 Å². The number of nitrogens with zero attached hydrogens (tertiary/aromatic N) is 2. The molecular formula is C19H22N2O2. The zero-order valence-corrected chi connectivity index (χ0v) is 14.0. The van der Waals surface area contributed by atoms with Gasteiger partial charge >= 0.3 is 0 Å². The number of aromatic nitrogens is 2. The van der Waals surface area contributed by atoms with Gasteiger partial charge in [-0.25, -0.2) is 4.98 Å². The molecule has 0 spiro atoms. The first-order chi connectivity index (χ1) is 10.9. The van der Waals surface area contributed by atoms with Gasteiger partial charge in [-0.15, -0.1) is 0 Å². The SMILES string of the molecule is COc1ccc(C(C)(C)C)cc1-c1cn2ccc(CO)cc2n1. The summed E-state index contributed by atoms with van der Waals surface area (Å²) in [5.74, 6) is 0.809. The molecule has 0 saturated heterocycles. The Morgan fingerprint density at radius 1 is 1.17 bits per heavy atom. The third-order valence-electron chi connectivity index (χ3n) is 4.05. The van der Waals surface area contributed by atoms with E-state index in [9.17, 15) is 5.11 Å². The Hall–Kier alpha value is -2.33. The number of benzene rings is 1. The van der Waals surface area contributed by atoms with E-state index in [-0.39, 0.29) is 12.0 Å². The fourth-order valence-electron chi connectivity index (χ4n) is 2.63. The van der Waals surface area contributed by atoms with E-state index in [4.69, 9.17) is 9.72 Å². The Kier molecular flexibility index (Phi) is 3.86. The maximum atomic E-state index is 9.27. The molecule has 0 bridgehead atoms. The summed E-state index contributed by atoms with van der Waals surface area (Å²) in [6.45, 7) is 6.59. The fraction of sp³-hybridized carbons (Fsp3) is 0.316. The van der Waals surface area contributed by atoms with E-state index in [2.05, 4.69) is 32.9 Å². The summed E-state index contributed by atoms with van der Waals surface area (Å²) < 4.78 is 7.48. The number of aliphatic hydroxyl groups is 1. The lowest BCUT2D eigenvalue weighted by molar-refractivity contribution is 0.282. The molecule has 3 aromatic rings. The molecule has 0 saturated carbocycles. The van der Waals surface area contributed by atoms with Crippen molar-refractivity contribution in [2.24, 2.45) is 0 Å². The molecule has 1 aromatic carbocycles. The van der Waals surface area contributed by atoms with Gasteiger partial charge in [0, 0.05) is 18.0 Å². The van der Waals surface area contributed by atoms with Gasteiger partial charge in [0.1, 0.15) is 11.4 Å². The van der Waals surface area contributed by atoms with E-state index in [1.54, 1.807) is 7.11 Å². The van der Waals surface area contributed by atoms with Gasteiger partial charge in [0.25, 0.3) is 0 Å². The van der Waals surface area contributed by atoms with Crippen molar-refractivity contribution in [1.29, 1.82) is 0 Å². The van der Waals surface area contributed by atoms with Crippen LogP contribution in [0.1, 0.15) is 31.9 Å². The van der Waals surface area contributed by atoms with E-state index in [0.29, 0.717) is 0 Å². The third kappa shape index (κ3) is 2.94. The second kappa shape index (κ2) is 5.70. The highest BCUT2D eigenvalue weighted by atomic mass is 16.5. The lowest BCUT2D eigenvalue weighted by atomic mass is 9.86. The van der Waals surface area contributed by atoms with Gasteiger partial charge in [0.05, 0.1) is 19.4 Å².